The van der Waals surface area contributed by atoms with Crippen molar-refractivity contribution in [3.8, 4) is 5.75 Å². The fourth-order valence-corrected chi connectivity index (χ4v) is 3.24. The summed E-state index contributed by atoms with van der Waals surface area (Å²) in [4.78, 5) is 20.0. The van der Waals surface area contributed by atoms with E-state index in [1.165, 1.54) is 0 Å². The smallest absolute Gasteiger partial charge is 0.258 e. The van der Waals surface area contributed by atoms with Crippen molar-refractivity contribution in [2.45, 2.75) is 12.5 Å². The van der Waals surface area contributed by atoms with Crippen LogP contribution < -0.4 is 10.1 Å². The quantitative estimate of drug-likeness (QED) is 0.515. The summed E-state index contributed by atoms with van der Waals surface area (Å²) in [6, 6.07) is 23.5. The van der Waals surface area contributed by atoms with Crippen LogP contribution >= 0.6 is 0 Å². The Morgan fingerprint density at radius 1 is 1.00 bits per heavy atom. The minimum Gasteiger partial charge on any atom is -0.483 e. The molecule has 2 N–H and O–H groups in total. The first-order chi connectivity index (χ1) is 13.8. The molecule has 1 aromatic heterocycles. The number of fused-ring (bicyclic) bond motifs is 1. The molecular weight excluding hydrogens is 350 g/mol. The summed E-state index contributed by atoms with van der Waals surface area (Å²) >= 11 is 0. The standard InChI is InChI=1S/C23H21N3O2/c27-23(16-28-21-12-6-10-17-7-4-5-11-19(17)21)26-20(15-22-24-13-14-25-22)18-8-2-1-3-9-18/h1-14,20H,15-16H2,(H,24,25)(H,26,27). The zero-order chi connectivity index (χ0) is 19.2. The number of rotatable bonds is 7. The van der Waals surface area contributed by atoms with Gasteiger partial charge in [-0.05, 0) is 17.0 Å². The van der Waals surface area contributed by atoms with Crippen molar-refractivity contribution < 1.29 is 9.53 Å². The van der Waals surface area contributed by atoms with Gasteiger partial charge in [-0.2, -0.15) is 0 Å². The van der Waals surface area contributed by atoms with Crippen LogP contribution in [0.15, 0.2) is 85.2 Å². The second-order valence-corrected chi connectivity index (χ2v) is 6.54. The van der Waals surface area contributed by atoms with Gasteiger partial charge in [0.25, 0.3) is 5.91 Å². The molecule has 0 aliphatic rings. The Morgan fingerprint density at radius 2 is 1.79 bits per heavy atom. The highest BCUT2D eigenvalue weighted by Crippen LogP contribution is 2.25. The molecule has 0 saturated carbocycles. The highest BCUT2D eigenvalue weighted by molar-refractivity contribution is 5.88. The van der Waals surface area contributed by atoms with Crippen LogP contribution in [0.4, 0.5) is 0 Å². The largest absolute Gasteiger partial charge is 0.483 e. The number of nitrogens with one attached hydrogen (secondary N) is 2. The summed E-state index contributed by atoms with van der Waals surface area (Å²) in [6.07, 6.45) is 4.07. The normalized spacial score (nSPS) is 11.9. The molecule has 28 heavy (non-hydrogen) atoms. The van der Waals surface area contributed by atoms with Crippen molar-refractivity contribution >= 4 is 16.7 Å². The Labute approximate surface area is 163 Å². The van der Waals surface area contributed by atoms with Crippen molar-refractivity contribution in [2.24, 2.45) is 0 Å². The fourth-order valence-electron chi connectivity index (χ4n) is 3.24. The van der Waals surface area contributed by atoms with Gasteiger partial charge in [0.2, 0.25) is 0 Å². The van der Waals surface area contributed by atoms with Gasteiger partial charge in [0.1, 0.15) is 11.6 Å². The summed E-state index contributed by atoms with van der Waals surface area (Å²) in [5, 5.41) is 5.14. The lowest BCUT2D eigenvalue weighted by atomic mass is 10.0. The number of amides is 1. The number of hydrogen-bond acceptors (Lipinski definition) is 3. The fraction of sp³-hybridized carbons (Fsp3) is 0.130. The topological polar surface area (TPSA) is 67.0 Å². The number of H-pyrrole nitrogens is 1. The lowest BCUT2D eigenvalue weighted by molar-refractivity contribution is -0.123. The molecule has 1 unspecified atom stereocenters. The van der Waals surface area contributed by atoms with Crippen LogP contribution in [-0.2, 0) is 11.2 Å². The zero-order valence-corrected chi connectivity index (χ0v) is 15.3. The number of benzene rings is 3. The number of ether oxygens (including phenoxy) is 1. The van der Waals surface area contributed by atoms with E-state index in [9.17, 15) is 4.79 Å². The molecule has 140 valence electrons. The van der Waals surface area contributed by atoms with Gasteiger partial charge in [0.05, 0.1) is 6.04 Å². The van der Waals surface area contributed by atoms with Crippen LogP contribution in [0.5, 0.6) is 5.75 Å². The maximum Gasteiger partial charge on any atom is 0.258 e. The summed E-state index contributed by atoms with van der Waals surface area (Å²) < 4.78 is 5.82. The predicted molar refractivity (Wildman–Crippen MR) is 109 cm³/mol. The summed E-state index contributed by atoms with van der Waals surface area (Å²) in [7, 11) is 0. The molecule has 5 heteroatoms. The Balaban J connectivity index is 1.45. The number of aromatic amines is 1. The van der Waals surface area contributed by atoms with Gasteiger partial charge in [-0.25, -0.2) is 4.98 Å². The second-order valence-electron chi connectivity index (χ2n) is 6.54. The number of imidazole rings is 1. The van der Waals surface area contributed by atoms with Gasteiger partial charge in [0.15, 0.2) is 6.61 Å². The molecule has 4 aromatic rings. The van der Waals surface area contributed by atoms with Gasteiger partial charge in [0, 0.05) is 24.2 Å². The van der Waals surface area contributed by atoms with Crippen LogP contribution in [0, 0.1) is 0 Å². The van der Waals surface area contributed by atoms with E-state index >= 15 is 0 Å². The van der Waals surface area contributed by atoms with Gasteiger partial charge in [-0.1, -0.05) is 66.7 Å². The number of nitrogens with zero attached hydrogens (tertiary/aromatic N) is 1. The first-order valence-corrected chi connectivity index (χ1v) is 9.23. The van der Waals surface area contributed by atoms with Crippen molar-refractivity contribution in [1.82, 2.24) is 15.3 Å². The molecule has 0 spiro atoms. The maximum absolute atomic E-state index is 12.6. The molecule has 0 fully saturated rings. The second kappa shape index (κ2) is 8.39. The molecule has 0 aliphatic heterocycles. The SMILES string of the molecule is O=C(COc1cccc2ccccc12)NC(Cc1ncc[nH]1)c1ccccc1. The van der Waals surface area contributed by atoms with E-state index in [0.717, 1.165) is 22.2 Å². The average Bonchev–Trinajstić information content (AvgIpc) is 3.25. The van der Waals surface area contributed by atoms with E-state index in [2.05, 4.69) is 15.3 Å². The molecule has 0 aliphatic carbocycles. The number of carbonyl (C=O) groups is 1. The van der Waals surface area contributed by atoms with E-state index in [1.54, 1.807) is 12.4 Å². The Kier molecular flexibility index (Phi) is 5.33. The molecule has 1 amide bonds. The van der Waals surface area contributed by atoms with Gasteiger partial charge in [-0.3, -0.25) is 4.79 Å². The Morgan fingerprint density at radius 3 is 2.61 bits per heavy atom. The highest BCUT2D eigenvalue weighted by Gasteiger charge is 2.17. The van der Waals surface area contributed by atoms with Crippen LogP contribution in [0.3, 0.4) is 0 Å². The van der Waals surface area contributed by atoms with Crippen LogP contribution in [0.1, 0.15) is 17.4 Å². The van der Waals surface area contributed by atoms with Crippen molar-refractivity contribution in [2.75, 3.05) is 6.61 Å². The molecular formula is C23H21N3O2. The van der Waals surface area contributed by atoms with Crippen molar-refractivity contribution in [1.29, 1.82) is 0 Å². The molecule has 1 heterocycles. The molecule has 0 bridgehead atoms. The summed E-state index contributed by atoms with van der Waals surface area (Å²) in [5.41, 5.74) is 1.03. The number of aromatic nitrogens is 2. The molecule has 3 aromatic carbocycles. The molecule has 1 atom stereocenters. The lowest BCUT2D eigenvalue weighted by Crippen LogP contribution is -2.34. The molecule has 0 saturated heterocycles. The molecule has 5 nitrogen and oxygen atoms in total. The number of carbonyl (C=O) groups excluding carboxylic acids is 1. The predicted octanol–water partition coefficient (Wildman–Crippen LogP) is 4.04. The lowest BCUT2D eigenvalue weighted by Gasteiger charge is -2.19. The van der Waals surface area contributed by atoms with E-state index in [0.29, 0.717) is 12.2 Å². The van der Waals surface area contributed by atoms with Crippen LogP contribution in [0.2, 0.25) is 0 Å². The Bertz CT molecular complexity index is 1040. The van der Waals surface area contributed by atoms with Gasteiger partial charge < -0.3 is 15.0 Å². The highest BCUT2D eigenvalue weighted by atomic mass is 16.5. The third kappa shape index (κ3) is 4.20. The summed E-state index contributed by atoms with van der Waals surface area (Å²) in [6.45, 7) is -0.0461. The first-order valence-electron chi connectivity index (χ1n) is 9.23. The minimum absolute atomic E-state index is 0.0461. The van der Waals surface area contributed by atoms with E-state index < -0.39 is 0 Å². The van der Waals surface area contributed by atoms with Gasteiger partial charge in [-0.15, -0.1) is 0 Å². The third-order valence-corrected chi connectivity index (χ3v) is 4.60. The maximum atomic E-state index is 12.6. The minimum atomic E-state index is -0.184. The summed E-state index contributed by atoms with van der Waals surface area (Å²) in [5.74, 6) is 1.35. The van der Waals surface area contributed by atoms with E-state index in [1.807, 2.05) is 72.8 Å². The Hall–Kier alpha value is -3.60. The average molecular weight is 371 g/mol. The van der Waals surface area contributed by atoms with Crippen LogP contribution in [0.25, 0.3) is 10.8 Å². The van der Waals surface area contributed by atoms with Crippen molar-refractivity contribution in [3.05, 3.63) is 96.6 Å². The number of hydrogen-bond donors (Lipinski definition) is 2. The first kappa shape index (κ1) is 17.8. The third-order valence-electron chi connectivity index (χ3n) is 4.60. The van der Waals surface area contributed by atoms with E-state index in [4.69, 9.17) is 4.74 Å². The van der Waals surface area contributed by atoms with Crippen LogP contribution in [-0.4, -0.2) is 22.5 Å². The molecule has 4 rings (SSSR count). The van der Waals surface area contributed by atoms with E-state index in [-0.39, 0.29) is 18.6 Å². The van der Waals surface area contributed by atoms with Crippen molar-refractivity contribution in [3.63, 3.8) is 0 Å². The molecule has 0 radical (unpaired) electrons. The van der Waals surface area contributed by atoms with Gasteiger partial charge >= 0.3 is 0 Å². The monoisotopic (exact) mass is 371 g/mol. The zero-order valence-electron chi connectivity index (χ0n) is 15.3.